The molecule has 0 aromatic heterocycles. The van der Waals surface area contributed by atoms with Crippen molar-refractivity contribution < 1.29 is 14.3 Å². The van der Waals surface area contributed by atoms with E-state index in [1.54, 1.807) is 0 Å². The zero-order valence-corrected chi connectivity index (χ0v) is 13.4. The molecule has 0 aromatic rings. The summed E-state index contributed by atoms with van der Waals surface area (Å²) in [4.78, 5) is 23.5. The Morgan fingerprint density at radius 2 is 2.00 bits per heavy atom. The maximum atomic E-state index is 11.8. The van der Waals surface area contributed by atoms with Crippen LogP contribution in [-0.2, 0) is 14.3 Å². The number of rotatable bonds is 5. The standard InChI is InChI=1S/C18H26O3/c1-13(2)5-4-6-14(3)9-10-18-11-15(19)7-8-16(18)21-17(20)12-18/h5,9,16H,4,6-8,10-12H2,1-3H3. The van der Waals surface area contributed by atoms with Gasteiger partial charge in [-0.3, -0.25) is 9.59 Å². The molecule has 3 nitrogen and oxygen atoms in total. The Kier molecular flexibility index (Phi) is 5.02. The van der Waals surface area contributed by atoms with Crippen LogP contribution in [-0.4, -0.2) is 17.9 Å². The highest BCUT2D eigenvalue weighted by molar-refractivity contribution is 5.83. The van der Waals surface area contributed by atoms with Gasteiger partial charge in [0, 0.05) is 18.3 Å². The van der Waals surface area contributed by atoms with Crippen molar-refractivity contribution in [2.75, 3.05) is 0 Å². The molecule has 2 unspecified atom stereocenters. The average molecular weight is 290 g/mol. The van der Waals surface area contributed by atoms with E-state index in [1.165, 1.54) is 11.1 Å². The second kappa shape index (κ2) is 6.59. The van der Waals surface area contributed by atoms with Crippen molar-refractivity contribution in [2.45, 2.75) is 71.8 Å². The maximum Gasteiger partial charge on any atom is 0.306 e. The largest absolute Gasteiger partial charge is 0.462 e. The molecule has 2 aliphatic rings. The Labute approximate surface area is 127 Å². The minimum atomic E-state index is -0.260. The minimum absolute atomic E-state index is 0.0514. The lowest BCUT2D eigenvalue weighted by Gasteiger charge is -2.35. The van der Waals surface area contributed by atoms with Gasteiger partial charge in [0.25, 0.3) is 0 Å². The third-order valence-electron chi connectivity index (χ3n) is 4.64. The van der Waals surface area contributed by atoms with Crippen molar-refractivity contribution in [2.24, 2.45) is 5.41 Å². The zero-order valence-electron chi connectivity index (χ0n) is 13.4. The minimum Gasteiger partial charge on any atom is -0.462 e. The van der Waals surface area contributed by atoms with Crippen LogP contribution in [0, 0.1) is 5.41 Å². The van der Waals surface area contributed by atoms with Gasteiger partial charge in [-0.1, -0.05) is 23.3 Å². The van der Waals surface area contributed by atoms with E-state index in [1.807, 2.05) is 0 Å². The summed E-state index contributed by atoms with van der Waals surface area (Å²) < 4.78 is 5.43. The van der Waals surface area contributed by atoms with Gasteiger partial charge in [0.15, 0.2) is 0 Å². The van der Waals surface area contributed by atoms with E-state index in [0.29, 0.717) is 25.7 Å². The second-order valence-electron chi connectivity index (χ2n) is 6.85. The van der Waals surface area contributed by atoms with Gasteiger partial charge in [-0.2, -0.15) is 0 Å². The lowest BCUT2D eigenvalue weighted by atomic mass is 9.68. The molecule has 2 fully saturated rings. The van der Waals surface area contributed by atoms with Crippen LogP contribution in [0.2, 0.25) is 0 Å². The van der Waals surface area contributed by atoms with Crippen LogP contribution in [0.3, 0.4) is 0 Å². The van der Waals surface area contributed by atoms with Crippen LogP contribution in [0.25, 0.3) is 0 Å². The summed E-state index contributed by atoms with van der Waals surface area (Å²) in [6.45, 7) is 6.35. The monoisotopic (exact) mass is 290 g/mol. The van der Waals surface area contributed by atoms with Crippen LogP contribution in [0.15, 0.2) is 23.3 Å². The number of esters is 1. The van der Waals surface area contributed by atoms with Gasteiger partial charge in [-0.15, -0.1) is 0 Å². The normalized spacial score (nSPS) is 29.1. The molecular formula is C18H26O3. The van der Waals surface area contributed by atoms with Crippen molar-refractivity contribution in [1.29, 1.82) is 0 Å². The topological polar surface area (TPSA) is 43.4 Å². The van der Waals surface area contributed by atoms with E-state index < -0.39 is 0 Å². The fourth-order valence-corrected chi connectivity index (χ4v) is 3.39. The number of allylic oxidation sites excluding steroid dienone is 4. The van der Waals surface area contributed by atoms with Gasteiger partial charge in [-0.25, -0.2) is 0 Å². The first-order valence-corrected chi connectivity index (χ1v) is 7.91. The van der Waals surface area contributed by atoms with Crippen LogP contribution >= 0.6 is 0 Å². The summed E-state index contributed by atoms with van der Waals surface area (Å²) in [7, 11) is 0. The number of hydrogen-bond donors (Lipinski definition) is 0. The summed E-state index contributed by atoms with van der Waals surface area (Å²) in [6.07, 6.45) is 9.45. The Hall–Kier alpha value is -1.38. The Balaban J connectivity index is 2.00. The highest BCUT2D eigenvalue weighted by Gasteiger charge is 2.51. The van der Waals surface area contributed by atoms with Crippen LogP contribution in [0.1, 0.15) is 65.7 Å². The number of hydrogen-bond acceptors (Lipinski definition) is 3. The molecule has 1 aliphatic carbocycles. The predicted octanol–water partition coefficient (Wildman–Crippen LogP) is 4.12. The van der Waals surface area contributed by atoms with Gasteiger partial charge in [-0.05, 0) is 46.5 Å². The first kappa shape index (κ1) is 16.0. The maximum absolute atomic E-state index is 11.8. The van der Waals surface area contributed by atoms with Gasteiger partial charge in [0.2, 0.25) is 0 Å². The number of carbonyl (C=O) groups excluding carboxylic acids is 2. The fraction of sp³-hybridized carbons (Fsp3) is 0.667. The van der Waals surface area contributed by atoms with E-state index in [9.17, 15) is 9.59 Å². The molecule has 0 spiro atoms. The van der Waals surface area contributed by atoms with Crippen molar-refractivity contribution >= 4 is 11.8 Å². The highest BCUT2D eigenvalue weighted by atomic mass is 16.6. The molecule has 0 bridgehead atoms. The molecule has 1 aliphatic heterocycles. The van der Waals surface area contributed by atoms with Gasteiger partial charge < -0.3 is 4.74 Å². The molecule has 0 amide bonds. The lowest BCUT2D eigenvalue weighted by molar-refractivity contribution is -0.144. The van der Waals surface area contributed by atoms with Gasteiger partial charge in [0.1, 0.15) is 11.9 Å². The van der Waals surface area contributed by atoms with Gasteiger partial charge >= 0.3 is 5.97 Å². The summed E-state index contributed by atoms with van der Waals surface area (Å²) in [6, 6.07) is 0. The molecular weight excluding hydrogens is 264 g/mol. The van der Waals surface area contributed by atoms with E-state index >= 15 is 0 Å². The summed E-state index contributed by atoms with van der Waals surface area (Å²) >= 11 is 0. The molecule has 3 heteroatoms. The molecule has 1 saturated carbocycles. The van der Waals surface area contributed by atoms with Crippen molar-refractivity contribution in [1.82, 2.24) is 0 Å². The van der Waals surface area contributed by atoms with Crippen molar-refractivity contribution in [3.05, 3.63) is 23.3 Å². The molecule has 21 heavy (non-hydrogen) atoms. The van der Waals surface area contributed by atoms with E-state index in [-0.39, 0.29) is 23.3 Å². The van der Waals surface area contributed by atoms with Crippen molar-refractivity contribution in [3.63, 3.8) is 0 Å². The smallest absolute Gasteiger partial charge is 0.306 e. The first-order valence-electron chi connectivity index (χ1n) is 7.91. The van der Waals surface area contributed by atoms with E-state index in [2.05, 4.69) is 32.9 Å². The molecule has 116 valence electrons. The number of ketones is 1. The molecule has 0 aromatic carbocycles. The van der Waals surface area contributed by atoms with Crippen LogP contribution < -0.4 is 0 Å². The Bertz CT molecular complexity index is 481. The number of fused-ring (bicyclic) bond motifs is 1. The molecule has 0 radical (unpaired) electrons. The summed E-state index contributed by atoms with van der Waals surface area (Å²) in [5, 5.41) is 0. The molecule has 1 heterocycles. The molecule has 2 rings (SSSR count). The van der Waals surface area contributed by atoms with Crippen LogP contribution in [0.4, 0.5) is 0 Å². The average Bonchev–Trinajstić information content (AvgIpc) is 2.71. The summed E-state index contributed by atoms with van der Waals surface area (Å²) in [5.74, 6) is 0.144. The van der Waals surface area contributed by atoms with Crippen LogP contribution in [0.5, 0.6) is 0 Å². The Morgan fingerprint density at radius 3 is 2.71 bits per heavy atom. The zero-order chi connectivity index (χ0) is 15.5. The van der Waals surface area contributed by atoms with E-state index in [4.69, 9.17) is 4.74 Å². The van der Waals surface area contributed by atoms with Gasteiger partial charge in [0.05, 0.1) is 6.42 Å². The number of ether oxygens (including phenoxy) is 1. The fourth-order valence-electron chi connectivity index (χ4n) is 3.39. The third-order valence-corrected chi connectivity index (χ3v) is 4.64. The third kappa shape index (κ3) is 4.05. The number of Topliss-reactive ketones (excluding diaryl/α,β-unsaturated/α-hetero) is 1. The van der Waals surface area contributed by atoms with E-state index in [0.717, 1.165) is 19.3 Å². The summed E-state index contributed by atoms with van der Waals surface area (Å²) in [5.41, 5.74) is 2.41. The molecule has 2 atom stereocenters. The second-order valence-corrected chi connectivity index (χ2v) is 6.85. The highest BCUT2D eigenvalue weighted by Crippen LogP contribution is 2.47. The lowest BCUT2D eigenvalue weighted by Crippen LogP contribution is -2.37. The van der Waals surface area contributed by atoms with Crippen molar-refractivity contribution in [3.8, 4) is 0 Å². The Morgan fingerprint density at radius 1 is 1.24 bits per heavy atom. The first-order chi connectivity index (χ1) is 9.91. The number of carbonyl (C=O) groups is 2. The molecule has 1 saturated heterocycles. The SMILES string of the molecule is CC(C)=CCCC(C)=CCC12CC(=O)CCC1OC(=O)C2. The quantitative estimate of drug-likeness (QED) is 0.565. The predicted molar refractivity (Wildman–Crippen MR) is 82.8 cm³/mol. The molecule has 0 N–H and O–H groups in total.